The van der Waals surface area contributed by atoms with Gasteiger partial charge < -0.3 is 15.4 Å². The number of hydrogen-bond donors (Lipinski definition) is 2. The summed E-state index contributed by atoms with van der Waals surface area (Å²) in [6, 6.07) is 9.45. The Hall–Kier alpha value is -3.00. The second-order valence-corrected chi connectivity index (χ2v) is 5.53. The molecule has 0 aliphatic carbocycles. The predicted octanol–water partition coefficient (Wildman–Crippen LogP) is 2.49. The molecule has 0 fully saturated rings. The zero-order valence-electron chi connectivity index (χ0n) is 12.7. The molecule has 2 aromatic heterocycles. The topological polar surface area (TPSA) is 89.0 Å². The fourth-order valence-electron chi connectivity index (χ4n) is 1.85. The van der Waals surface area contributed by atoms with Crippen LogP contribution in [0.1, 0.15) is 10.5 Å². The number of benzene rings is 1. The third-order valence-electron chi connectivity index (χ3n) is 2.93. The number of amides is 1. The molecule has 2 heterocycles. The number of carbonyl (C=O) groups excluding carboxylic acids is 1. The highest BCUT2D eigenvalue weighted by Crippen LogP contribution is 2.18. The zero-order valence-corrected chi connectivity index (χ0v) is 13.5. The van der Waals surface area contributed by atoms with Crippen LogP contribution in [0.2, 0.25) is 0 Å². The molecule has 24 heavy (non-hydrogen) atoms. The molecular formula is C16H15N5O2S. The smallest absolute Gasteiger partial charge is 0.270 e. The fraction of sp³-hybridized carbons (Fsp3) is 0.125. The van der Waals surface area contributed by atoms with Crippen molar-refractivity contribution in [3.8, 4) is 5.75 Å². The molecule has 0 unspecified atom stereocenters. The SMILES string of the molecule is O=C(NCCOc1ccccc1)c1csc(Nc2cnccn2)n1. The van der Waals surface area contributed by atoms with Crippen LogP contribution in [-0.4, -0.2) is 34.0 Å². The maximum Gasteiger partial charge on any atom is 0.270 e. The van der Waals surface area contributed by atoms with Crippen LogP contribution in [0, 0.1) is 0 Å². The quantitative estimate of drug-likeness (QED) is 0.642. The summed E-state index contributed by atoms with van der Waals surface area (Å²) < 4.78 is 5.52. The van der Waals surface area contributed by atoms with E-state index in [2.05, 4.69) is 25.6 Å². The molecule has 1 amide bonds. The second kappa shape index (κ2) is 8.02. The van der Waals surface area contributed by atoms with Gasteiger partial charge in [-0.15, -0.1) is 11.3 Å². The van der Waals surface area contributed by atoms with Gasteiger partial charge >= 0.3 is 0 Å². The minimum Gasteiger partial charge on any atom is -0.492 e. The van der Waals surface area contributed by atoms with Crippen LogP contribution in [0.4, 0.5) is 10.9 Å². The van der Waals surface area contributed by atoms with Crippen molar-refractivity contribution in [3.63, 3.8) is 0 Å². The average Bonchev–Trinajstić information content (AvgIpc) is 3.09. The summed E-state index contributed by atoms with van der Waals surface area (Å²) in [5.74, 6) is 1.11. The summed E-state index contributed by atoms with van der Waals surface area (Å²) in [4.78, 5) is 24.3. The fourth-order valence-corrected chi connectivity index (χ4v) is 2.55. The Labute approximate surface area is 142 Å². The number of para-hydroxylation sites is 1. The van der Waals surface area contributed by atoms with E-state index in [0.717, 1.165) is 5.75 Å². The molecule has 8 heteroatoms. The van der Waals surface area contributed by atoms with E-state index in [1.54, 1.807) is 24.0 Å². The van der Waals surface area contributed by atoms with E-state index in [9.17, 15) is 4.79 Å². The van der Waals surface area contributed by atoms with Crippen molar-refractivity contribution >= 4 is 28.2 Å². The molecule has 3 rings (SSSR count). The molecule has 0 radical (unpaired) electrons. The van der Waals surface area contributed by atoms with Crippen molar-refractivity contribution < 1.29 is 9.53 Å². The molecule has 7 nitrogen and oxygen atoms in total. The van der Waals surface area contributed by atoms with Gasteiger partial charge in [0, 0.05) is 17.8 Å². The standard InChI is InChI=1S/C16H15N5O2S/c22-15(19-8-9-23-12-4-2-1-3-5-12)13-11-24-16(20-13)21-14-10-17-6-7-18-14/h1-7,10-11H,8-9H2,(H,19,22)(H,18,20,21). The molecule has 2 N–H and O–H groups in total. The largest absolute Gasteiger partial charge is 0.492 e. The van der Waals surface area contributed by atoms with Gasteiger partial charge in [-0.3, -0.25) is 9.78 Å². The maximum absolute atomic E-state index is 12.0. The summed E-state index contributed by atoms with van der Waals surface area (Å²) in [6.07, 6.45) is 4.75. The Bertz CT molecular complexity index is 779. The molecule has 0 aliphatic rings. The molecule has 0 atom stereocenters. The van der Waals surface area contributed by atoms with Crippen LogP contribution in [0.25, 0.3) is 0 Å². The highest BCUT2D eigenvalue weighted by molar-refractivity contribution is 7.14. The third-order valence-corrected chi connectivity index (χ3v) is 3.69. The van der Waals surface area contributed by atoms with Crippen LogP contribution < -0.4 is 15.4 Å². The number of anilines is 2. The number of nitrogens with zero attached hydrogens (tertiary/aromatic N) is 3. The minimum atomic E-state index is -0.241. The van der Waals surface area contributed by atoms with E-state index in [4.69, 9.17) is 4.74 Å². The first-order chi connectivity index (χ1) is 11.8. The zero-order chi connectivity index (χ0) is 16.6. The monoisotopic (exact) mass is 341 g/mol. The van der Waals surface area contributed by atoms with E-state index in [-0.39, 0.29) is 5.91 Å². The summed E-state index contributed by atoms with van der Waals surface area (Å²) in [5, 5.41) is 8.04. The van der Waals surface area contributed by atoms with Gasteiger partial charge in [0.25, 0.3) is 5.91 Å². The van der Waals surface area contributed by atoms with Gasteiger partial charge in [0.1, 0.15) is 18.1 Å². The van der Waals surface area contributed by atoms with Crippen molar-refractivity contribution in [2.75, 3.05) is 18.5 Å². The summed E-state index contributed by atoms with van der Waals surface area (Å²) >= 11 is 1.33. The van der Waals surface area contributed by atoms with Crippen molar-refractivity contribution in [1.29, 1.82) is 0 Å². The summed E-state index contributed by atoms with van der Waals surface area (Å²) in [5.41, 5.74) is 0.353. The first-order valence-corrected chi connectivity index (χ1v) is 8.14. The number of hydrogen-bond acceptors (Lipinski definition) is 7. The van der Waals surface area contributed by atoms with E-state index in [0.29, 0.717) is 29.8 Å². The van der Waals surface area contributed by atoms with Crippen molar-refractivity contribution in [3.05, 3.63) is 60.0 Å². The summed E-state index contributed by atoms with van der Waals surface area (Å²) in [7, 11) is 0. The average molecular weight is 341 g/mol. The Balaban J connectivity index is 1.45. The number of nitrogens with one attached hydrogen (secondary N) is 2. The van der Waals surface area contributed by atoms with Crippen molar-refractivity contribution in [1.82, 2.24) is 20.3 Å². The number of rotatable bonds is 7. The van der Waals surface area contributed by atoms with E-state index in [1.807, 2.05) is 30.3 Å². The lowest BCUT2D eigenvalue weighted by Gasteiger charge is -2.06. The Morgan fingerprint density at radius 3 is 2.88 bits per heavy atom. The van der Waals surface area contributed by atoms with Crippen LogP contribution >= 0.6 is 11.3 Å². The van der Waals surface area contributed by atoms with Gasteiger partial charge in [0.05, 0.1) is 12.7 Å². The first-order valence-electron chi connectivity index (χ1n) is 7.26. The lowest BCUT2D eigenvalue weighted by Crippen LogP contribution is -2.28. The van der Waals surface area contributed by atoms with E-state index < -0.39 is 0 Å². The maximum atomic E-state index is 12.0. The van der Waals surface area contributed by atoms with E-state index >= 15 is 0 Å². The highest BCUT2D eigenvalue weighted by atomic mass is 32.1. The Morgan fingerprint density at radius 1 is 1.21 bits per heavy atom. The molecule has 0 aliphatic heterocycles. The van der Waals surface area contributed by atoms with Crippen molar-refractivity contribution in [2.24, 2.45) is 0 Å². The Morgan fingerprint density at radius 2 is 2.08 bits per heavy atom. The van der Waals surface area contributed by atoms with Gasteiger partial charge in [-0.2, -0.15) is 0 Å². The van der Waals surface area contributed by atoms with Gasteiger partial charge in [-0.05, 0) is 12.1 Å². The minimum absolute atomic E-state index is 0.241. The molecule has 0 saturated carbocycles. The third kappa shape index (κ3) is 4.50. The van der Waals surface area contributed by atoms with Crippen molar-refractivity contribution in [2.45, 2.75) is 0 Å². The second-order valence-electron chi connectivity index (χ2n) is 4.67. The van der Waals surface area contributed by atoms with Crippen LogP contribution in [0.15, 0.2) is 54.3 Å². The molecule has 0 saturated heterocycles. The highest BCUT2D eigenvalue weighted by Gasteiger charge is 2.10. The Kier molecular flexibility index (Phi) is 5.31. The summed E-state index contributed by atoms with van der Waals surface area (Å²) in [6.45, 7) is 0.794. The van der Waals surface area contributed by atoms with Crippen LogP contribution in [0.5, 0.6) is 5.75 Å². The normalized spacial score (nSPS) is 10.2. The number of carbonyl (C=O) groups is 1. The lowest BCUT2D eigenvalue weighted by atomic mass is 10.3. The molecule has 0 spiro atoms. The molecule has 1 aromatic carbocycles. The van der Waals surface area contributed by atoms with Crippen LogP contribution in [-0.2, 0) is 0 Å². The predicted molar refractivity (Wildman–Crippen MR) is 91.7 cm³/mol. The molecular weight excluding hydrogens is 326 g/mol. The van der Waals surface area contributed by atoms with Gasteiger partial charge in [0.2, 0.25) is 0 Å². The number of thiazole rings is 1. The first kappa shape index (κ1) is 15.9. The van der Waals surface area contributed by atoms with Gasteiger partial charge in [-0.25, -0.2) is 9.97 Å². The molecule has 3 aromatic rings. The lowest BCUT2D eigenvalue weighted by molar-refractivity contribution is 0.0943. The van der Waals surface area contributed by atoms with Crippen LogP contribution in [0.3, 0.4) is 0 Å². The number of ether oxygens (including phenoxy) is 1. The van der Waals surface area contributed by atoms with Gasteiger partial charge in [0.15, 0.2) is 10.9 Å². The molecule has 122 valence electrons. The molecule has 0 bridgehead atoms. The number of aromatic nitrogens is 3. The van der Waals surface area contributed by atoms with Gasteiger partial charge in [-0.1, -0.05) is 18.2 Å². The van der Waals surface area contributed by atoms with E-state index in [1.165, 1.54) is 11.3 Å².